The first-order valence-corrected chi connectivity index (χ1v) is 5.24. The number of hydrogen-bond acceptors (Lipinski definition) is 4. The quantitative estimate of drug-likeness (QED) is 0.776. The van der Waals surface area contributed by atoms with Crippen LogP contribution < -0.4 is 9.47 Å². The number of likely N-dealkylation sites (N-methyl/N-ethyl adjacent to an activating group) is 1. The number of hydrogen-bond donors (Lipinski definition) is 0. The van der Waals surface area contributed by atoms with Gasteiger partial charge in [-0.2, -0.15) is 0 Å². The molecule has 0 radical (unpaired) electrons. The third-order valence-corrected chi connectivity index (χ3v) is 2.32. The predicted octanol–water partition coefficient (Wildman–Crippen LogP) is 2.47. The van der Waals surface area contributed by atoms with E-state index < -0.39 is 0 Å². The lowest BCUT2D eigenvalue weighted by molar-refractivity contribution is 0.0956. The molecule has 0 bridgehead atoms. The van der Waals surface area contributed by atoms with Crippen molar-refractivity contribution in [2.24, 2.45) is 0 Å². The van der Waals surface area contributed by atoms with Crippen molar-refractivity contribution in [1.82, 2.24) is 4.90 Å². The molecule has 0 aliphatic carbocycles. The number of Topliss-reactive ketones (excluding diaryl/α,β-unsaturated/α-hetero) is 1. The molecule has 0 N–H and O–H groups in total. The Labute approximate surface area is 110 Å². The van der Waals surface area contributed by atoms with Gasteiger partial charge in [-0.1, -0.05) is 14.9 Å². The number of ketones is 1. The lowest BCUT2D eigenvalue weighted by Gasteiger charge is -2.18. The molecular formula is C14H23NO3. The fraction of sp³-hybridized carbons (Fsp3) is 0.500. The molecule has 0 aromatic heterocycles. The van der Waals surface area contributed by atoms with E-state index in [0.29, 0.717) is 36.8 Å². The zero-order chi connectivity index (χ0) is 11.5. The number of carbonyl (C=O) groups is 1. The third kappa shape index (κ3) is 3.74. The second-order valence-electron chi connectivity index (χ2n) is 4.02. The summed E-state index contributed by atoms with van der Waals surface area (Å²) >= 11 is 0. The molecule has 4 nitrogen and oxygen atoms in total. The van der Waals surface area contributed by atoms with Crippen molar-refractivity contribution in [2.75, 3.05) is 33.9 Å². The molecule has 1 aromatic rings. The average molecular weight is 253 g/mol. The van der Waals surface area contributed by atoms with Gasteiger partial charge < -0.3 is 14.4 Å². The average Bonchev–Trinajstić information content (AvgIpc) is 2.27. The molecule has 18 heavy (non-hydrogen) atoms. The molecule has 0 saturated heterocycles. The molecule has 1 aliphatic heterocycles. The lowest BCUT2D eigenvalue weighted by Crippen LogP contribution is -2.22. The number of ether oxygens (including phenoxy) is 2. The minimum absolute atomic E-state index is 0. The number of rotatable bonds is 3. The van der Waals surface area contributed by atoms with Crippen LogP contribution >= 0.6 is 0 Å². The largest absolute Gasteiger partial charge is 0.486 e. The van der Waals surface area contributed by atoms with Gasteiger partial charge in [0.1, 0.15) is 13.2 Å². The van der Waals surface area contributed by atoms with Crippen LogP contribution in [0.2, 0.25) is 0 Å². The van der Waals surface area contributed by atoms with Crippen LogP contribution in [0.3, 0.4) is 0 Å². The Morgan fingerprint density at radius 1 is 1.17 bits per heavy atom. The van der Waals surface area contributed by atoms with Crippen molar-refractivity contribution in [2.45, 2.75) is 14.9 Å². The Hall–Kier alpha value is -1.55. The van der Waals surface area contributed by atoms with Gasteiger partial charge in [-0.05, 0) is 32.3 Å². The molecule has 0 saturated carbocycles. The highest BCUT2D eigenvalue weighted by molar-refractivity contribution is 5.98. The molecule has 0 fully saturated rings. The van der Waals surface area contributed by atoms with Gasteiger partial charge in [-0.25, -0.2) is 0 Å². The molecule has 2 rings (SSSR count). The van der Waals surface area contributed by atoms with E-state index >= 15 is 0 Å². The second kappa shape index (κ2) is 7.01. The molecular weight excluding hydrogens is 230 g/mol. The van der Waals surface area contributed by atoms with Gasteiger partial charge >= 0.3 is 0 Å². The Morgan fingerprint density at radius 2 is 1.78 bits per heavy atom. The molecule has 0 amide bonds. The molecule has 1 aromatic carbocycles. The van der Waals surface area contributed by atoms with Gasteiger partial charge in [0, 0.05) is 5.56 Å². The highest BCUT2D eigenvalue weighted by Gasteiger charge is 2.14. The van der Waals surface area contributed by atoms with Crippen molar-refractivity contribution in [1.29, 1.82) is 0 Å². The summed E-state index contributed by atoms with van der Waals surface area (Å²) in [6, 6.07) is 5.32. The third-order valence-electron chi connectivity index (χ3n) is 2.32. The molecule has 1 aliphatic rings. The summed E-state index contributed by atoms with van der Waals surface area (Å²) < 4.78 is 10.8. The van der Waals surface area contributed by atoms with Crippen LogP contribution in [-0.4, -0.2) is 44.5 Å². The SMILES string of the molecule is C.C.CN(C)CC(=O)c1ccc2c(c1)OCCO2. The molecule has 4 heteroatoms. The smallest absolute Gasteiger partial charge is 0.176 e. The van der Waals surface area contributed by atoms with Gasteiger partial charge in [0.15, 0.2) is 17.3 Å². The Kier molecular flexibility index (Phi) is 6.41. The van der Waals surface area contributed by atoms with Crippen LogP contribution in [0.5, 0.6) is 11.5 Å². The molecule has 1 heterocycles. The van der Waals surface area contributed by atoms with Crippen molar-refractivity contribution in [3.8, 4) is 11.5 Å². The minimum Gasteiger partial charge on any atom is -0.486 e. The zero-order valence-electron chi connectivity index (χ0n) is 9.53. The number of carbonyl (C=O) groups excluding carboxylic acids is 1. The van der Waals surface area contributed by atoms with Crippen molar-refractivity contribution in [3.63, 3.8) is 0 Å². The summed E-state index contributed by atoms with van der Waals surface area (Å²) in [6.07, 6.45) is 0. The summed E-state index contributed by atoms with van der Waals surface area (Å²) in [7, 11) is 3.74. The van der Waals surface area contributed by atoms with E-state index in [1.807, 2.05) is 19.0 Å². The van der Waals surface area contributed by atoms with Crippen molar-refractivity contribution >= 4 is 5.78 Å². The zero-order valence-corrected chi connectivity index (χ0v) is 9.53. The van der Waals surface area contributed by atoms with Crippen LogP contribution in [-0.2, 0) is 0 Å². The van der Waals surface area contributed by atoms with Crippen molar-refractivity contribution < 1.29 is 14.3 Å². The summed E-state index contributed by atoms with van der Waals surface area (Å²) in [5.74, 6) is 1.46. The van der Waals surface area contributed by atoms with Gasteiger partial charge in [0.05, 0.1) is 6.54 Å². The first kappa shape index (κ1) is 16.4. The Balaban J connectivity index is 0.00000144. The number of benzene rings is 1. The summed E-state index contributed by atoms with van der Waals surface area (Å²) in [5.41, 5.74) is 0.665. The summed E-state index contributed by atoms with van der Waals surface area (Å²) in [4.78, 5) is 13.6. The van der Waals surface area contributed by atoms with E-state index in [4.69, 9.17) is 9.47 Å². The van der Waals surface area contributed by atoms with Crippen molar-refractivity contribution in [3.05, 3.63) is 23.8 Å². The van der Waals surface area contributed by atoms with E-state index in [2.05, 4.69) is 0 Å². The van der Waals surface area contributed by atoms with Crippen LogP contribution in [0.15, 0.2) is 18.2 Å². The topological polar surface area (TPSA) is 38.8 Å². The summed E-state index contributed by atoms with van der Waals surface area (Å²) in [6.45, 7) is 1.51. The molecule has 102 valence electrons. The molecule has 0 atom stereocenters. The second-order valence-corrected chi connectivity index (χ2v) is 4.02. The maximum atomic E-state index is 11.8. The number of nitrogens with zero attached hydrogens (tertiary/aromatic N) is 1. The summed E-state index contributed by atoms with van der Waals surface area (Å²) in [5, 5.41) is 0. The van der Waals surface area contributed by atoms with Crippen LogP contribution in [0, 0.1) is 0 Å². The van der Waals surface area contributed by atoms with Crippen LogP contribution in [0.4, 0.5) is 0 Å². The fourth-order valence-corrected chi connectivity index (χ4v) is 1.60. The Morgan fingerprint density at radius 3 is 2.39 bits per heavy atom. The van der Waals surface area contributed by atoms with Crippen LogP contribution in [0.25, 0.3) is 0 Å². The monoisotopic (exact) mass is 253 g/mol. The van der Waals surface area contributed by atoms with Gasteiger partial charge in [0.25, 0.3) is 0 Å². The minimum atomic E-state index is 0. The maximum absolute atomic E-state index is 11.8. The fourth-order valence-electron chi connectivity index (χ4n) is 1.60. The first-order valence-electron chi connectivity index (χ1n) is 5.24. The normalized spacial score (nSPS) is 12.4. The lowest BCUT2D eigenvalue weighted by atomic mass is 10.1. The van der Waals surface area contributed by atoms with E-state index in [1.54, 1.807) is 18.2 Å². The standard InChI is InChI=1S/C12H15NO3.2CH4/c1-13(2)8-10(14)9-3-4-11-12(7-9)16-6-5-15-11;;/h3-4,7H,5-6,8H2,1-2H3;2*1H4. The number of fused-ring (bicyclic) bond motifs is 1. The Bertz CT molecular complexity index is 402. The first-order chi connectivity index (χ1) is 7.66. The maximum Gasteiger partial charge on any atom is 0.176 e. The van der Waals surface area contributed by atoms with E-state index in [-0.39, 0.29) is 20.6 Å². The van der Waals surface area contributed by atoms with Gasteiger partial charge in [0.2, 0.25) is 0 Å². The van der Waals surface area contributed by atoms with E-state index in [1.165, 1.54) is 0 Å². The van der Waals surface area contributed by atoms with Crippen LogP contribution in [0.1, 0.15) is 25.2 Å². The molecule has 0 unspecified atom stereocenters. The van der Waals surface area contributed by atoms with Gasteiger partial charge in [-0.15, -0.1) is 0 Å². The van der Waals surface area contributed by atoms with Gasteiger partial charge in [-0.3, -0.25) is 4.79 Å². The predicted molar refractivity (Wildman–Crippen MR) is 73.8 cm³/mol. The molecule has 0 spiro atoms. The highest BCUT2D eigenvalue weighted by atomic mass is 16.6. The van der Waals surface area contributed by atoms with E-state index in [9.17, 15) is 4.79 Å². The van der Waals surface area contributed by atoms with E-state index in [0.717, 1.165) is 0 Å². The highest BCUT2D eigenvalue weighted by Crippen LogP contribution is 2.30.